The fraction of sp³-hybridized carbons (Fsp3) is 0.429. The van der Waals surface area contributed by atoms with Gasteiger partial charge in [-0.1, -0.05) is 0 Å². The number of amides is 1. The van der Waals surface area contributed by atoms with E-state index >= 15 is 0 Å². The number of aryl methyl sites for hydroxylation is 2. The topological polar surface area (TPSA) is 98.0 Å². The van der Waals surface area contributed by atoms with Crippen molar-refractivity contribution < 1.29 is 13.2 Å². The molecular formula is C14H19N5O3S. The van der Waals surface area contributed by atoms with Crippen LogP contribution < -0.4 is 10.0 Å². The molecule has 23 heavy (non-hydrogen) atoms. The lowest BCUT2D eigenvalue weighted by atomic mass is 10.1. The van der Waals surface area contributed by atoms with Gasteiger partial charge in [0.05, 0.1) is 0 Å². The number of hydrogen-bond donors (Lipinski definition) is 2. The Morgan fingerprint density at radius 1 is 1.43 bits per heavy atom. The maximum absolute atomic E-state index is 12.4. The second-order valence-corrected chi connectivity index (χ2v) is 7.47. The first-order chi connectivity index (χ1) is 10.9. The fourth-order valence-electron chi connectivity index (χ4n) is 2.77. The third kappa shape index (κ3) is 3.02. The number of hydrogen-bond acceptors (Lipinski definition) is 4. The quantitative estimate of drug-likeness (QED) is 0.812. The molecule has 0 radical (unpaired) electrons. The number of nitrogens with one attached hydrogen (secondary N) is 2. The van der Waals surface area contributed by atoms with Crippen LogP contribution in [-0.2, 0) is 30.0 Å². The summed E-state index contributed by atoms with van der Waals surface area (Å²) < 4.78 is 29.4. The molecule has 0 saturated carbocycles. The largest absolute Gasteiger partial charge is 0.346 e. The highest BCUT2D eigenvalue weighted by Crippen LogP contribution is 2.16. The molecule has 1 aliphatic heterocycles. The number of nitrogens with zero attached hydrogens (tertiary/aromatic N) is 3. The Bertz CT molecular complexity index is 836. The van der Waals surface area contributed by atoms with Crippen LogP contribution in [0.3, 0.4) is 0 Å². The monoisotopic (exact) mass is 337 g/mol. The van der Waals surface area contributed by atoms with Gasteiger partial charge in [0.25, 0.3) is 5.91 Å². The zero-order valence-corrected chi connectivity index (χ0v) is 13.8. The molecule has 3 heterocycles. The van der Waals surface area contributed by atoms with Crippen LogP contribution in [0.5, 0.6) is 0 Å². The van der Waals surface area contributed by atoms with Gasteiger partial charge in [-0.25, -0.2) is 18.1 Å². The molecule has 0 fully saturated rings. The summed E-state index contributed by atoms with van der Waals surface area (Å²) in [6, 6.07) is 1.38. The molecule has 1 amide bonds. The lowest BCUT2D eigenvalue weighted by molar-refractivity contribution is 0.0919. The summed E-state index contributed by atoms with van der Waals surface area (Å²) in [6.07, 6.45) is 6.70. The average molecular weight is 337 g/mol. The average Bonchev–Trinajstić information content (AvgIpc) is 3.13. The summed E-state index contributed by atoms with van der Waals surface area (Å²) in [5.74, 6) is 0.746. The van der Waals surface area contributed by atoms with E-state index in [0.717, 1.165) is 18.7 Å². The Balaban J connectivity index is 1.75. The summed E-state index contributed by atoms with van der Waals surface area (Å²) in [6.45, 7) is 0.674. The number of rotatable bonds is 4. The molecule has 3 rings (SSSR count). The molecule has 0 saturated heterocycles. The van der Waals surface area contributed by atoms with E-state index in [2.05, 4.69) is 15.0 Å². The minimum absolute atomic E-state index is 0.00320. The van der Waals surface area contributed by atoms with E-state index in [-0.39, 0.29) is 16.8 Å². The maximum Gasteiger partial charge on any atom is 0.268 e. The lowest BCUT2D eigenvalue weighted by Crippen LogP contribution is -2.41. The Morgan fingerprint density at radius 2 is 2.22 bits per heavy atom. The van der Waals surface area contributed by atoms with Gasteiger partial charge in [0, 0.05) is 44.6 Å². The van der Waals surface area contributed by atoms with Gasteiger partial charge in [0.2, 0.25) is 10.0 Å². The first-order valence-electron chi connectivity index (χ1n) is 7.31. The highest BCUT2D eigenvalue weighted by atomic mass is 32.2. The molecule has 8 nitrogen and oxygen atoms in total. The van der Waals surface area contributed by atoms with Gasteiger partial charge in [-0.15, -0.1) is 0 Å². The number of fused-ring (bicyclic) bond motifs is 1. The smallest absolute Gasteiger partial charge is 0.268 e. The number of carbonyl (C=O) groups excluding carboxylic acids is 1. The van der Waals surface area contributed by atoms with Crippen molar-refractivity contribution in [2.45, 2.75) is 30.3 Å². The first kappa shape index (κ1) is 15.8. The van der Waals surface area contributed by atoms with Gasteiger partial charge in [0.1, 0.15) is 16.4 Å². The van der Waals surface area contributed by atoms with Gasteiger partial charge in [-0.05, 0) is 19.5 Å². The van der Waals surface area contributed by atoms with Crippen LogP contribution in [-0.4, -0.2) is 41.5 Å². The molecular weight excluding hydrogens is 318 g/mol. The standard InChI is InChI=1S/C14H19N5O3S/c1-15-23(21,22)11-7-12(18(2)9-11)14(20)17-10-3-4-13-16-5-6-19(13)8-10/h5-7,9-10,15H,3-4,8H2,1-2H3,(H,17,20)/t10-/m0/s1. The summed E-state index contributed by atoms with van der Waals surface area (Å²) >= 11 is 0. The first-order valence-corrected chi connectivity index (χ1v) is 8.80. The molecule has 2 aromatic rings. The number of sulfonamides is 1. The molecule has 2 N–H and O–H groups in total. The molecule has 0 unspecified atom stereocenters. The Morgan fingerprint density at radius 3 is 2.96 bits per heavy atom. The van der Waals surface area contributed by atoms with Crippen molar-refractivity contribution in [1.29, 1.82) is 0 Å². The van der Waals surface area contributed by atoms with E-state index < -0.39 is 10.0 Å². The Kier molecular flexibility index (Phi) is 3.99. The summed E-state index contributed by atoms with van der Waals surface area (Å²) in [4.78, 5) is 16.8. The molecule has 0 aliphatic carbocycles. The third-order valence-electron chi connectivity index (χ3n) is 4.06. The highest BCUT2D eigenvalue weighted by molar-refractivity contribution is 7.89. The van der Waals surface area contributed by atoms with Gasteiger partial charge >= 0.3 is 0 Å². The van der Waals surface area contributed by atoms with Gasteiger partial charge in [0.15, 0.2) is 0 Å². The van der Waals surface area contributed by atoms with E-state index in [4.69, 9.17) is 0 Å². The van der Waals surface area contributed by atoms with Crippen LogP contribution >= 0.6 is 0 Å². The molecule has 1 atom stereocenters. The number of carbonyl (C=O) groups is 1. The molecule has 124 valence electrons. The van der Waals surface area contributed by atoms with Gasteiger partial charge in [-0.3, -0.25) is 4.79 Å². The van der Waals surface area contributed by atoms with E-state index in [1.165, 1.54) is 23.9 Å². The van der Waals surface area contributed by atoms with Crippen LogP contribution in [0, 0.1) is 0 Å². The van der Waals surface area contributed by atoms with E-state index in [1.807, 2.05) is 10.8 Å². The summed E-state index contributed by atoms with van der Waals surface area (Å²) in [7, 11) is -0.571. The van der Waals surface area contributed by atoms with Crippen molar-refractivity contribution >= 4 is 15.9 Å². The summed E-state index contributed by atoms with van der Waals surface area (Å²) in [5, 5.41) is 2.97. The van der Waals surface area contributed by atoms with Gasteiger partial charge in [-0.2, -0.15) is 0 Å². The van der Waals surface area contributed by atoms with Crippen molar-refractivity contribution in [1.82, 2.24) is 24.2 Å². The Hall–Kier alpha value is -2.13. The van der Waals surface area contributed by atoms with Crippen LogP contribution in [0.1, 0.15) is 22.7 Å². The second kappa shape index (κ2) is 5.82. The highest BCUT2D eigenvalue weighted by Gasteiger charge is 2.23. The third-order valence-corrected chi connectivity index (χ3v) is 5.44. The molecule has 2 aromatic heterocycles. The van der Waals surface area contributed by atoms with E-state index in [0.29, 0.717) is 12.2 Å². The van der Waals surface area contributed by atoms with Crippen molar-refractivity contribution in [3.05, 3.63) is 36.2 Å². The predicted octanol–water partition coefficient (Wildman–Crippen LogP) is -0.125. The van der Waals surface area contributed by atoms with Crippen molar-refractivity contribution in [2.75, 3.05) is 7.05 Å². The van der Waals surface area contributed by atoms with Crippen molar-refractivity contribution in [2.24, 2.45) is 7.05 Å². The molecule has 0 aromatic carbocycles. The lowest BCUT2D eigenvalue weighted by Gasteiger charge is -2.24. The van der Waals surface area contributed by atoms with E-state index in [9.17, 15) is 13.2 Å². The molecule has 1 aliphatic rings. The normalized spacial score (nSPS) is 17.7. The molecule has 0 spiro atoms. The number of aromatic nitrogens is 3. The Labute approximate surface area is 134 Å². The van der Waals surface area contributed by atoms with E-state index in [1.54, 1.807) is 13.2 Å². The zero-order valence-electron chi connectivity index (χ0n) is 13.0. The van der Waals surface area contributed by atoms with Crippen molar-refractivity contribution in [3.63, 3.8) is 0 Å². The molecule has 0 bridgehead atoms. The van der Waals surface area contributed by atoms with Crippen LogP contribution in [0.4, 0.5) is 0 Å². The predicted molar refractivity (Wildman–Crippen MR) is 83.5 cm³/mol. The van der Waals surface area contributed by atoms with Crippen molar-refractivity contribution in [3.8, 4) is 0 Å². The second-order valence-electron chi connectivity index (χ2n) is 5.58. The van der Waals surface area contributed by atoms with Crippen LogP contribution in [0.15, 0.2) is 29.6 Å². The minimum Gasteiger partial charge on any atom is -0.346 e. The zero-order chi connectivity index (χ0) is 16.6. The number of imidazole rings is 1. The maximum atomic E-state index is 12.4. The van der Waals surface area contributed by atoms with Crippen LogP contribution in [0.25, 0.3) is 0 Å². The SMILES string of the molecule is CNS(=O)(=O)c1cc(C(=O)N[C@H]2CCc3nccn3C2)n(C)c1. The minimum atomic E-state index is -3.56. The summed E-state index contributed by atoms with van der Waals surface area (Å²) in [5.41, 5.74) is 0.315. The van der Waals surface area contributed by atoms with Gasteiger partial charge < -0.3 is 14.5 Å². The van der Waals surface area contributed by atoms with Crippen LogP contribution in [0.2, 0.25) is 0 Å². The molecule has 9 heteroatoms. The fourth-order valence-corrected chi connectivity index (χ4v) is 3.57.